The Morgan fingerprint density at radius 2 is 1.24 bits per heavy atom. The summed E-state index contributed by atoms with van der Waals surface area (Å²) >= 11 is 0. The first-order valence-corrected chi connectivity index (χ1v) is 13.5. The average Bonchev–Trinajstić information content (AvgIpc) is 3.15. The first-order valence-electron chi connectivity index (χ1n) is 13.5. The van der Waals surface area contributed by atoms with Gasteiger partial charge in [0, 0.05) is 23.0 Å². The van der Waals surface area contributed by atoms with Gasteiger partial charge in [0.2, 0.25) is 0 Å². The molecular formula is C35H40N2O. The van der Waals surface area contributed by atoms with Crippen LogP contribution < -0.4 is 0 Å². The molecule has 0 unspecified atom stereocenters. The second kappa shape index (κ2) is 8.73. The zero-order chi connectivity index (χ0) is 27.6. The van der Waals surface area contributed by atoms with Crippen LogP contribution in [-0.2, 0) is 16.2 Å². The van der Waals surface area contributed by atoms with E-state index < -0.39 is 0 Å². The third-order valence-electron chi connectivity index (χ3n) is 7.54. The fraction of sp³-hybridized carbons (Fsp3) is 0.343. The van der Waals surface area contributed by atoms with Gasteiger partial charge in [0.15, 0.2) is 0 Å². The molecule has 0 saturated carbocycles. The summed E-state index contributed by atoms with van der Waals surface area (Å²) in [6.07, 6.45) is 1.92. The zero-order valence-corrected chi connectivity index (χ0v) is 24.3. The highest BCUT2D eigenvalue weighted by Crippen LogP contribution is 2.44. The summed E-state index contributed by atoms with van der Waals surface area (Å²) in [5.41, 5.74) is 8.52. The second-order valence-corrected chi connectivity index (χ2v) is 13.7. The van der Waals surface area contributed by atoms with Crippen molar-refractivity contribution in [3.63, 3.8) is 0 Å². The van der Waals surface area contributed by atoms with Crippen LogP contribution in [0.2, 0.25) is 0 Å². The Morgan fingerprint density at radius 3 is 1.84 bits per heavy atom. The highest BCUT2D eigenvalue weighted by molar-refractivity contribution is 6.09. The van der Waals surface area contributed by atoms with E-state index in [0.717, 1.165) is 33.2 Å². The van der Waals surface area contributed by atoms with Gasteiger partial charge in [0.05, 0.1) is 11.0 Å². The van der Waals surface area contributed by atoms with Crippen molar-refractivity contribution in [2.75, 3.05) is 0 Å². The average molecular weight is 505 g/mol. The molecule has 5 aromatic rings. The van der Waals surface area contributed by atoms with Crippen molar-refractivity contribution in [1.82, 2.24) is 9.55 Å². The molecule has 5 rings (SSSR count). The van der Waals surface area contributed by atoms with Crippen LogP contribution in [0.3, 0.4) is 0 Å². The standard InChI is InChI=1S/C35H40N2O/c1-33(2,3)23-19-27(34(4,5)6)32(28(20-23)35(7,8)9)22-16-17-36-31(18-22)37-29-13-11-10-12-25(29)26-15-14-24(38)21-30(26)37/h10-21,38H,1-9H3. The van der Waals surface area contributed by atoms with Crippen molar-refractivity contribution in [3.8, 4) is 22.7 Å². The Hall–Kier alpha value is -3.59. The molecule has 2 heterocycles. The van der Waals surface area contributed by atoms with Gasteiger partial charge in [-0.2, -0.15) is 0 Å². The lowest BCUT2D eigenvalue weighted by Crippen LogP contribution is -2.23. The fourth-order valence-electron chi connectivity index (χ4n) is 5.47. The monoisotopic (exact) mass is 504 g/mol. The second-order valence-electron chi connectivity index (χ2n) is 13.7. The molecule has 0 bridgehead atoms. The van der Waals surface area contributed by atoms with Crippen LogP contribution in [0.1, 0.15) is 79.0 Å². The van der Waals surface area contributed by atoms with Gasteiger partial charge in [0.25, 0.3) is 0 Å². The van der Waals surface area contributed by atoms with Crippen molar-refractivity contribution in [2.24, 2.45) is 0 Å². The Bertz CT molecular complexity index is 1630. The number of phenols is 1. The van der Waals surface area contributed by atoms with Crippen LogP contribution in [0, 0.1) is 0 Å². The van der Waals surface area contributed by atoms with Crippen LogP contribution in [0.5, 0.6) is 5.75 Å². The van der Waals surface area contributed by atoms with E-state index in [1.165, 1.54) is 22.3 Å². The summed E-state index contributed by atoms with van der Waals surface area (Å²) in [5.74, 6) is 1.10. The topological polar surface area (TPSA) is 38.0 Å². The van der Waals surface area contributed by atoms with E-state index in [9.17, 15) is 5.11 Å². The van der Waals surface area contributed by atoms with Gasteiger partial charge >= 0.3 is 0 Å². The molecule has 0 aliphatic heterocycles. The number of hydrogen-bond acceptors (Lipinski definition) is 2. The van der Waals surface area contributed by atoms with Crippen molar-refractivity contribution in [3.05, 3.63) is 89.6 Å². The molecule has 0 saturated heterocycles. The summed E-state index contributed by atoms with van der Waals surface area (Å²) in [7, 11) is 0. The molecule has 0 aliphatic rings. The number of hydrogen-bond donors (Lipinski definition) is 1. The molecule has 2 aromatic heterocycles. The Morgan fingerprint density at radius 1 is 0.632 bits per heavy atom. The third-order valence-corrected chi connectivity index (χ3v) is 7.54. The van der Waals surface area contributed by atoms with Gasteiger partial charge in [-0.05, 0) is 74.4 Å². The molecule has 0 amide bonds. The van der Waals surface area contributed by atoms with Crippen molar-refractivity contribution in [1.29, 1.82) is 0 Å². The van der Waals surface area contributed by atoms with Crippen LogP contribution in [0.25, 0.3) is 38.8 Å². The zero-order valence-electron chi connectivity index (χ0n) is 24.3. The number of fused-ring (bicyclic) bond motifs is 3. The van der Waals surface area contributed by atoms with Gasteiger partial charge in [-0.25, -0.2) is 4.98 Å². The summed E-state index contributed by atoms with van der Waals surface area (Å²) < 4.78 is 2.17. The molecule has 0 aliphatic carbocycles. The van der Waals surface area contributed by atoms with Gasteiger partial charge in [0.1, 0.15) is 11.6 Å². The quantitative estimate of drug-likeness (QED) is 0.260. The van der Waals surface area contributed by atoms with Crippen LogP contribution >= 0.6 is 0 Å². The number of nitrogens with zero attached hydrogens (tertiary/aromatic N) is 2. The lowest BCUT2D eigenvalue weighted by molar-refractivity contribution is 0.476. The molecule has 0 fully saturated rings. The van der Waals surface area contributed by atoms with Crippen LogP contribution in [0.15, 0.2) is 72.9 Å². The molecule has 3 nitrogen and oxygen atoms in total. The molecule has 3 aromatic carbocycles. The number of phenolic OH excluding ortho intramolecular Hbond substituents is 1. The summed E-state index contributed by atoms with van der Waals surface area (Å²) in [6.45, 7) is 20.7. The molecule has 38 heavy (non-hydrogen) atoms. The van der Waals surface area contributed by atoms with E-state index in [0.29, 0.717) is 0 Å². The predicted molar refractivity (Wildman–Crippen MR) is 162 cm³/mol. The molecule has 0 atom stereocenters. The van der Waals surface area contributed by atoms with Gasteiger partial charge < -0.3 is 5.11 Å². The molecule has 0 radical (unpaired) electrons. The molecule has 3 heteroatoms. The molecular weight excluding hydrogens is 464 g/mol. The number of pyridine rings is 1. The number of aromatic hydroxyl groups is 1. The minimum atomic E-state index is -0.0430. The first kappa shape index (κ1) is 26.0. The van der Waals surface area contributed by atoms with Crippen molar-refractivity contribution >= 4 is 21.8 Å². The van der Waals surface area contributed by atoms with E-state index in [-0.39, 0.29) is 22.0 Å². The van der Waals surface area contributed by atoms with Gasteiger partial charge in [-0.3, -0.25) is 4.57 Å². The van der Waals surface area contributed by atoms with E-state index in [1.807, 2.05) is 18.3 Å². The first-order chi connectivity index (χ1) is 17.7. The van der Waals surface area contributed by atoms with Crippen LogP contribution in [0.4, 0.5) is 0 Å². The Balaban J connectivity index is 1.85. The molecule has 196 valence electrons. The maximum Gasteiger partial charge on any atom is 0.138 e. The van der Waals surface area contributed by atoms with Gasteiger partial charge in [-0.1, -0.05) is 92.6 Å². The maximum atomic E-state index is 10.4. The van der Waals surface area contributed by atoms with Crippen molar-refractivity contribution in [2.45, 2.75) is 78.6 Å². The number of para-hydroxylation sites is 1. The van der Waals surface area contributed by atoms with Crippen LogP contribution in [-0.4, -0.2) is 14.7 Å². The largest absolute Gasteiger partial charge is 0.508 e. The lowest BCUT2D eigenvalue weighted by atomic mass is 9.71. The highest BCUT2D eigenvalue weighted by Gasteiger charge is 2.30. The minimum Gasteiger partial charge on any atom is -0.508 e. The predicted octanol–water partition coefficient (Wildman–Crippen LogP) is 9.44. The SMILES string of the molecule is CC(C)(C)c1cc(C(C)(C)C)c(-c2ccnc(-n3c4ccccc4c4ccc(O)cc43)c2)c(C(C)(C)C)c1. The van der Waals surface area contributed by atoms with E-state index in [2.05, 4.69) is 115 Å². The van der Waals surface area contributed by atoms with E-state index in [4.69, 9.17) is 4.98 Å². The normalized spacial score (nSPS) is 13.0. The van der Waals surface area contributed by atoms with Gasteiger partial charge in [-0.15, -0.1) is 0 Å². The van der Waals surface area contributed by atoms with E-state index >= 15 is 0 Å². The third kappa shape index (κ3) is 4.49. The minimum absolute atomic E-state index is 0.0430. The Labute approximate surface area is 227 Å². The highest BCUT2D eigenvalue weighted by atomic mass is 16.3. The number of rotatable bonds is 2. The lowest BCUT2D eigenvalue weighted by Gasteiger charge is -2.34. The fourth-order valence-corrected chi connectivity index (χ4v) is 5.47. The van der Waals surface area contributed by atoms with E-state index in [1.54, 1.807) is 6.07 Å². The molecule has 0 spiro atoms. The maximum absolute atomic E-state index is 10.4. The number of aromatic nitrogens is 2. The Kier molecular flexibility index (Phi) is 5.98. The van der Waals surface area contributed by atoms with Crippen molar-refractivity contribution < 1.29 is 5.11 Å². The summed E-state index contributed by atoms with van der Waals surface area (Å²) in [6, 6.07) is 23.2. The summed E-state index contributed by atoms with van der Waals surface area (Å²) in [5, 5.41) is 12.6. The summed E-state index contributed by atoms with van der Waals surface area (Å²) in [4.78, 5) is 4.86. The number of benzene rings is 3. The smallest absolute Gasteiger partial charge is 0.138 e. The molecule has 1 N–H and O–H groups in total.